The summed E-state index contributed by atoms with van der Waals surface area (Å²) in [5.41, 5.74) is 1.26. The average Bonchev–Trinajstić information content (AvgIpc) is 3.01. The highest BCUT2D eigenvalue weighted by Gasteiger charge is 2.34. The molecule has 1 N–H and O–H groups in total. The molecule has 3 amide bonds. The van der Waals surface area contributed by atoms with E-state index in [9.17, 15) is 14.4 Å². The standard InChI is InChI=1S/C21H19IN2O6/c1-3-29-17-11-13(9-15(22)19(17)30-12-18(25)28-2)10-16-20(26)24(21(27)23-16)14-7-5-4-6-8-14/h4-11H,3,12H2,1-2H3,(H,23,27)/b16-10-. The summed E-state index contributed by atoms with van der Waals surface area (Å²) in [5.74, 6) is -0.153. The Balaban J connectivity index is 1.90. The Morgan fingerprint density at radius 3 is 2.57 bits per heavy atom. The molecular weight excluding hydrogens is 503 g/mol. The van der Waals surface area contributed by atoms with Gasteiger partial charge in [-0.1, -0.05) is 18.2 Å². The number of methoxy groups -OCH3 is 1. The van der Waals surface area contributed by atoms with E-state index in [2.05, 4.69) is 32.6 Å². The predicted molar refractivity (Wildman–Crippen MR) is 118 cm³/mol. The summed E-state index contributed by atoms with van der Waals surface area (Å²) in [6.45, 7) is 1.94. The van der Waals surface area contributed by atoms with Gasteiger partial charge in [-0.3, -0.25) is 4.79 Å². The number of urea groups is 1. The zero-order valence-corrected chi connectivity index (χ0v) is 18.5. The summed E-state index contributed by atoms with van der Waals surface area (Å²) in [7, 11) is 1.28. The minimum atomic E-state index is -0.518. The van der Waals surface area contributed by atoms with Crippen molar-refractivity contribution in [3.63, 3.8) is 0 Å². The molecule has 3 rings (SSSR count). The predicted octanol–water partition coefficient (Wildman–Crippen LogP) is 3.34. The largest absolute Gasteiger partial charge is 0.490 e. The van der Waals surface area contributed by atoms with E-state index >= 15 is 0 Å². The first-order valence-corrected chi connectivity index (χ1v) is 10.1. The number of halogens is 1. The Morgan fingerprint density at radius 2 is 1.90 bits per heavy atom. The van der Waals surface area contributed by atoms with E-state index in [-0.39, 0.29) is 12.3 Å². The van der Waals surface area contributed by atoms with Crippen LogP contribution in [0.5, 0.6) is 11.5 Å². The fourth-order valence-corrected chi connectivity index (χ4v) is 3.56. The SMILES string of the molecule is CCOc1cc(/C=C2\NC(=O)N(c3ccccc3)C2=O)cc(I)c1OCC(=O)OC. The summed E-state index contributed by atoms with van der Waals surface area (Å²) in [6.07, 6.45) is 1.57. The third kappa shape index (κ3) is 4.73. The van der Waals surface area contributed by atoms with Crippen LogP contribution in [0, 0.1) is 3.57 Å². The van der Waals surface area contributed by atoms with Gasteiger partial charge in [0, 0.05) is 0 Å². The first kappa shape index (κ1) is 21.6. The lowest BCUT2D eigenvalue weighted by Gasteiger charge is -2.14. The van der Waals surface area contributed by atoms with E-state index in [1.165, 1.54) is 7.11 Å². The fraction of sp³-hybridized carbons (Fsp3) is 0.190. The number of hydrogen-bond acceptors (Lipinski definition) is 6. The number of amides is 3. The highest BCUT2D eigenvalue weighted by Crippen LogP contribution is 2.35. The number of hydrogen-bond donors (Lipinski definition) is 1. The molecule has 1 aliphatic rings. The molecule has 2 aromatic rings. The molecule has 8 nitrogen and oxygen atoms in total. The van der Waals surface area contributed by atoms with Crippen LogP contribution in [-0.4, -0.2) is 38.2 Å². The number of benzene rings is 2. The molecule has 1 saturated heterocycles. The summed E-state index contributed by atoms with van der Waals surface area (Å²) in [5, 5.41) is 2.60. The van der Waals surface area contributed by atoms with Gasteiger partial charge in [-0.25, -0.2) is 14.5 Å². The first-order valence-electron chi connectivity index (χ1n) is 9.02. The van der Waals surface area contributed by atoms with Crippen molar-refractivity contribution in [1.82, 2.24) is 5.32 Å². The van der Waals surface area contributed by atoms with E-state index in [0.29, 0.717) is 32.9 Å². The van der Waals surface area contributed by atoms with E-state index in [4.69, 9.17) is 9.47 Å². The van der Waals surface area contributed by atoms with Gasteiger partial charge in [0.1, 0.15) is 5.70 Å². The third-order valence-corrected chi connectivity index (χ3v) is 4.90. The first-order chi connectivity index (χ1) is 14.4. The zero-order chi connectivity index (χ0) is 21.7. The van der Waals surface area contributed by atoms with Gasteiger partial charge in [-0.05, 0) is 65.4 Å². The molecule has 0 spiro atoms. The van der Waals surface area contributed by atoms with Gasteiger partial charge in [0.2, 0.25) is 0 Å². The average molecular weight is 522 g/mol. The second-order valence-corrected chi connectivity index (χ2v) is 7.25. The van der Waals surface area contributed by atoms with Crippen LogP contribution >= 0.6 is 22.6 Å². The third-order valence-electron chi connectivity index (χ3n) is 4.10. The number of ether oxygens (including phenoxy) is 3. The van der Waals surface area contributed by atoms with E-state index in [1.807, 2.05) is 6.92 Å². The second kappa shape index (κ2) is 9.61. The van der Waals surface area contributed by atoms with E-state index in [1.54, 1.807) is 48.5 Å². The van der Waals surface area contributed by atoms with Gasteiger partial charge >= 0.3 is 12.0 Å². The van der Waals surface area contributed by atoms with Crippen LogP contribution in [0.25, 0.3) is 6.08 Å². The minimum absolute atomic E-state index is 0.144. The number of imide groups is 1. The van der Waals surface area contributed by atoms with Gasteiger partial charge in [-0.2, -0.15) is 0 Å². The summed E-state index contributed by atoms with van der Waals surface area (Å²) < 4.78 is 16.4. The van der Waals surface area contributed by atoms with E-state index in [0.717, 1.165) is 4.90 Å². The van der Waals surface area contributed by atoms with Gasteiger partial charge in [0.25, 0.3) is 5.91 Å². The van der Waals surface area contributed by atoms with Crippen molar-refractivity contribution in [3.8, 4) is 11.5 Å². The Labute approximate surface area is 186 Å². The van der Waals surface area contributed by atoms with Crippen LogP contribution in [0.1, 0.15) is 12.5 Å². The fourth-order valence-electron chi connectivity index (χ4n) is 2.78. The number of rotatable bonds is 7. The van der Waals surface area contributed by atoms with E-state index < -0.39 is 17.9 Å². The number of anilines is 1. The Bertz CT molecular complexity index is 1010. The van der Waals surface area contributed by atoms with Crippen molar-refractivity contribution >= 4 is 52.3 Å². The van der Waals surface area contributed by atoms with Crippen molar-refractivity contribution in [3.05, 3.63) is 57.3 Å². The summed E-state index contributed by atoms with van der Waals surface area (Å²) in [4.78, 5) is 37.5. The molecule has 0 aliphatic carbocycles. The van der Waals surface area contributed by atoms with Crippen molar-refractivity contribution in [2.45, 2.75) is 6.92 Å². The zero-order valence-electron chi connectivity index (χ0n) is 16.3. The molecule has 0 unspecified atom stereocenters. The number of carbonyl (C=O) groups excluding carboxylic acids is 3. The molecule has 1 aliphatic heterocycles. The summed E-state index contributed by atoms with van der Waals surface area (Å²) >= 11 is 2.05. The van der Waals surface area contributed by atoms with Gasteiger partial charge in [0.05, 0.1) is 23.0 Å². The maximum Gasteiger partial charge on any atom is 0.343 e. The second-order valence-electron chi connectivity index (χ2n) is 6.09. The van der Waals surface area contributed by atoms with Gasteiger partial charge in [0.15, 0.2) is 18.1 Å². The lowest BCUT2D eigenvalue weighted by atomic mass is 10.1. The molecule has 1 fully saturated rings. The molecule has 0 aromatic heterocycles. The molecule has 0 saturated carbocycles. The highest BCUT2D eigenvalue weighted by molar-refractivity contribution is 14.1. The Hall–Kier alpha value is -3.08. The normalized spacial score (nSPS) is 14.6. The topological polar surface area (TPSA) is 94.2 Å². The Morgan fingerprint density at radius 1 is 1.17 bits per heavy atom. The van der Waals surface area contributed by atoms with Crippen LogP contribution in [0.15, 0.2) is 48.2 Å². The lowest BCUT2D eigenvalue weighted by molar-refractivity contribution is -0.143. The molecule has 0 atom stereocenters. The molecule has 30 heavy (non-hydrogen) atoms. The molecular formula is C21H19IN2O6. The highest BCUT2D eigenvalue weighted by atomic mass is 127. The molecule has 2 aromatic carbocycles. The van der Waals surface area contributed by atoms with Crippen LogP contribution in [-0.2, 0) is 14.3 Å². The maximum atomic E-state index is 12.8. The molecule has 0 radical (unpaired) electrons. The quantitative estimate of drug-likeness (QED) is 0.260. The molecule has 156 valence electrons. The van der Waals surface area contributed by atoms with Crippen LogP contribution in [0.3, 0.4) is 0 Å². The monoisotopic (exact) mass is 522 g/mol. The molecule has 9 heteroatoms. The molecule has 1 heterocycles. The van der Waals surface area contributed by atoms with Crippen molar-refractivity contribution in [2.75, 3.05) is 25.2 Å². The lowest BCUT2D eigenvalue weighted by Crippen LogP contribution is -2.30. The van der Waals surface area contributed by atoms with Crippen molar-refractivity contribution in [1.29, 1.82) is 0 Å². The van der Waals surface area contributed by atoms with Crippen LogP contribution < -0.4 is 19.7 Å². The number of carbonyl (C=O) groups is 3. The van der Waals surface area contributed by atoms with Crippen molar-refractivity contribution < 1.29 is 28.6 Å². The molecule has 0 bridgehead atoms. The number of esters is 1. The van der Waals surface area contributed by atoms with Gasteiger partial charge < -0.3 is 19.5 Å². The maximum absolute atomic E-state index is 12.8. The number of nitrogens with zero attached hydrogens (tertiary/aromatic N) is 1. The summed E-state index contributed by atoms with van der Waals surface area (Å²) in [6, 6.07) is 11.6. The number of nitrogens with one attached hydrogen (secondary N) is 1. The van der Waals surface area contributed by atoms with Gasteiger partial charge in [-0.15, -0.1) is 0 Å². The minimum Gasteiger partial charge on any atom is -0.490 e. The van der Waals surface area contributed by atoms with Crippen LogP contribution in [0.4, 0.5) is 10.5 Å². The van der Waals surface area contributed by atoms with Crippen molar-refractivity contribution in [2.24, 2.45) is 0 Å². The number of para-hydroxylation sites is 1. The van der Waals surface area contributed by atoms with Crippen LogP contribution in [0.2, 0.25) is 0 Å². The smallest absolute Gasteiger partial charge is 0.343 e. The Kier molecular flexibility index (Phi) is 6.93.